The third kappa shape index (κ3) is 4.92. The summed E-state index contributed by atoms with van der Waals surface area (Å²) < 4.78 is 35.2. The predicted molar refractivity (Wildman–Crippen MR) is 221 cm³/mol. The van der Waals surface area contributed by atoms with Crippen LogP contribution in [0, 0.1) is 6.85 Å². The van der Waals surface area contributed by atoms with Gasteiger partial charge in [-0.3, -0.25) is 4.57 Å². The van der Waals surface area contributed by atoms with E-state index in [4.69, 9.17) is 13.5 Å². The fourth-order valence-corrected chi connectivity index (χ4v) is 8.04. The molecular weight excluding hydrogens is 635 g/mol. The largest absolute Gasteiger partial charge is 0.455 e. The van der Waals surface area contributed by atoms with E-state index in [1.54, 1.807) is 6.07 Å². The molecule has 0 bridgehead atoms. The lowest BCUT2D eigenvalue weighted by Gasteiger charge is -2.25. The van der Waals surface area contributed by atoms with Crippen molar-refractivity contribution < 1.29 is 8.53 Å². The molecule has 0 unspecified atom stereocenters. The number of hydrogen-bond donors (Lipinski definition) is 0. The number of furan rings is 1. The number of imidazole rings is 1. The van der Waals surface area contributed by atoms with E-state index in [2.05, 4.69) is 142 Å². The second-order valence-corrected chi connectivity index (χ2v) is 14.8. The standard InChI is InChI=1S/C48H43N3O/c1-28(2)37-25-34(31-14-9-8-10-15-31)26-38(29(3)4)45(37)51-46-41(18-13-19-42(46)50(6)7)49-48(51)36-23-20-30(5)44-40-24-33-22-21-32-16-11-12-17-35(32)39(33)27-43(40)52-47(36)44/h8-29H,1-7H3/i5D3. The zero-order chi connectivity index (χ0) is 38.3. The van der Waals surface area contributed by atoms with Gasteiger partial charge in [0.2, 0.25) is 0 Å². The molecule has 0 spiro atoms. The zero-order valence-electron chi connectivity index (χ0n) is 33.5. The first kappa shape index (κ1) is 28.8. The maximum Gasteiger partial charge on any atom is 0.149 e. The highest BCUT2D eigenvalue weighted by atomic mass is 16.3. The van der Waals surface area contributed by atoms with Gasteiger partial charge in [-0.05, 0) is 111 Å². The lowest BCUT2D eigenvalue weighted by atomic mass is 9.88. The highest BCUT2D eigenvalue weighted by Gasteiger charge is 2.27. The number of anilines is 1. The summed E-state index contributed by atoms with van der Waals surface area (Å²) in [6, 6.07) is 41.9. The van der Waals surface area contributed by atoms with Gasteiger partial charge in [0.1, 0.15) is 17.0 Å². The molecule has 7 aromatic carbocycles. The van der Waals surface area contributed by atoms with Gasteiger partial charge in [0.25, 0.3) is 0 Å². The van der Waals surface area contributed by atoms with Gasteiger partial charge in [-0.15, -0.1) is 0 Å². The summed E-state index contributed by atoms with van der Waals surface area (Å²) in [6.45, 7) is 6.63. The minimum Gasteiger partial charge on any atom is -0.455 e. The highest BCUT2D eigenvalue weighted by molar-refractivity contribution is 6.18. The third-order valence-corrected chi connectivity index (χ3v) is 10.6. The van der Waals surface area contributed by atoms with E-state index in [0.29, 0.717) is 22.4 Å². The summed E-state index contributed by atoms with van der Waals surface area (Å²) in [5, 5.41) is 5.73. The van der Waals surface area contributed by atoms with Crippen molar-refractivity contribution in [2.24, 2.45) is 0 Å². The Labute approximate surface area is 309 Å². The molecule has 4 nitrogen and oxygen atoms in total. The first-order chi connectivity index (χ1) is 26.4. The molecule has 0 saturated carbocycles. The number of nitrogens with zero attached hydrogens (tertiary/aromatic N) is 3. The van der Waals surface area contributed by atoms with E-state index in [-0.39, 0.29) is 17.4 Å². The molecule has 0 aliphatic rings. The quantitative estimate of drug-likeness (QED) is 0.164. The Morgan fingerprint density at radius 3 is 2.13 bits per heavy atom. The van der Waals surface area contributed by atoms with Gasteiger partial charge in [0.15, 0.2) is 0 Å². The van der Waals surface area contributed by atoms with Gasteiger partial charge in [-0.1, -0.05) is 107 Å². The second kappa shape index (κ2) is 12.1. The van der Waals surface area contributed by atoms with E-state index in [0.717, 1.165) is 54.9 Å². The predicted octanol–water partition coefficient (Wildman–Crippen LogP) is 13.2. The van der Waals surface area contributed by atoms with Gasteiger partial charge >= 0.3 is 0 Å². The Bertz CT molecular complexity index is 2920. The molecule has 9 aromatic rings. The van der Waals surface area contributed by atoms with E-state index in [9.17, 15) is 0 Å². The van der Waals surface area contributed by atoms with Crippen LogP contribution in [0.25, 0.3) is 82.7 Å². The molecule has 0 amide bonds. The van der Waals surface area contributed by atoms with Crippen molar-refractivity contribution >= 4 is 60.2 Å². The molecule has 2 aromatic heterocycles. The van der Waals surface area contributed by atoms with Crippen LogP contribution in [0.1, 0.15) is 60.3 Å². The van der Waals surface area contributed by atoms with Crippen molar-refractivity contribution in [2.45, 2.75) is 46.4 Å². The second-order valence-electron chi connectivity index (χ2n) is 14.8. The van der Waals surface area contributed by atoms with Crippen LogP contribution in [-0.4, -0.2) is 23.6 Å². The molecule has 0 atom stereocenters. The molecule has 2 heterocycles. The van der Waals surface area contributed by atoms with Gasteiger partial charge in [0, 0.05) is 29.0 Å². The molecule has 0 saturated heterocycles. The van der Waals surface area contributed by atoms with E-state index in [1.807, 2.05) is 24.3 Å². The molecule has 256 valence electrons. The van der Waals surface area contributed by atoms with Gasteiger partial charge in [0.05, 0.1) is 28.0 Å². The summed E-state index contributed by atoms with van der Waals surface area (Å²) >= 11 is 0. The third-order valence-electron chi connectivity index (χ3n) is 10.6. The number of aryl methyl sites for hydroxylation is 1. The highest BCUT2D eigenvalue weighted by Crippen LogP contribution is 2.45. The van der Waals surface area contributed by atoms with Crippen LogP contribution in [0.5, 0.6) is 0 Å². The molecule has 0 N–H and O–H groups in total. The monoisotopic (exact) mass is 680 g/mol. The number of benzene rings is 7. The van der Waals surface area contributed by atoms with Crippen LogP contribution >= 0.6 is 0 Å². The Hall–Kier alpha value is -5.87. The number of hydrogen-bond acceptors (Lipinski definition) is 3. The van der Waals surface area contributed by atoms with Gasteiger partial charge in [-0.25, -0.2) is 4.98 Å². The van der Waals surface area contributed by atoms with E-state index in [1.165, 1.54) is 22.3 Å². The maximum absolute atomic E-state index is 8.66. The summed E-state index contributed by atoms with van der Waals surface area (Å²) in [5.41, 5.74) is 10.9. The van der Waals surface area contributed by atoms with Crippen LogP contribution in [0.2, 0.25) is 0 Å². The average molecular weight is 681 g/mol. The van der Waals surface area contributed by atoms with Crippen LogP contribution in [0.4, 0.5) is 5.69 Å². The van der Waals surface area contributed by atoms with Crippen molar-refractivity contribution in [3.05, 3.63) is 138 Å². The smallest absolute Gasteiger partial charge is 0.149 e. The Balaban J connectivity index is 1.43. The van der Waals surface area contributed by atoms with Crippen LogP contribution in [0.3, 0.4) is 0 Å². The first-order valence-corrected chi connectivity index (χ1v) is 18.1. The molecule has 0 aliphatic heterocycles. The average Bonchev–Trinajstić information content (AvgIpc) is 3.74. The number of rotatable bonds is 6. The summed E-state index contributed by atoms with van der Waals surface area (Å²) in [7, 11) is 4.13. The fourth-order valence-electron chi connectivity index (χ4n) is 8.04. The minimum atomic E-state index is -2.37. The molecule has 0 radical (unpaired) electrons. The summed E-state index contributed by atoms with van der Waals surface area (Å²) in [5.74, 6) is 1.07. The minimum absolute atomic E-state index is 0.180. The number of aromatic nitrogens is 2. The lowest BCUT2D eigenvalue weighted by molar-refractivity contribution is 0.670. The first-order valence-electron chi connectivity index (χ1n) is 19.6. The topological polar surface area (TPSA) is 34.2 Å². The van der Waals surface area contributed by atoms with Crippen LogP contribution < -0.4 is 4.90 Å². The Morgan fingerprint density at radius 2 is 1.40 bits per heavy atom. The molecule has 4 heteroatoms. The van der Waals surface area contributed by atoms with Crippen molar-refractivity contribution in [3.63, 3.8) is 0 Å². The van der Waals surface area contributed by atoms with Crippen molar-refractivity contribution in [1.82, 2.24) is 9.55 Å². The normalized spacial score (nSPS) is 13.2. The van der Waals surface area contributed by atoms with Crippen LogP contribution in [0.15, 0.2) is 126 Å². The van der Waals surface area contributed by atoms with E-state index >= 15 is 0 Å². The Morgan fingerprint density at radius 1 is 0.673 bits per heavy atom. The molecule has 52 heavy (non-hydrogen) atoms. The maximum atomic E-state index is 8.66. The van der Waals surface area contributed by atoms with Gasteiger partial charge < -0.3 is 9.32 Å². The molecule has 0 fully saturated rings. The Kier molecular flexibility index (Phi) is 6.71. The number of para-hydroxylation sites is 1. The van der Waals surface area contributed by atoms with Gasteiger partial charge in [-0.2, -0.15) is 0 Å². The summed E-state index contributed by atoms with van der Waals surface area (Å²) in [6.07, 6.45) is 0. The zero-order valence-corrected chi connectivity index (χ0v) is 30.5. The lowest BCUT2D eigenvalue weighted by Crippen LogP contribution is -2.13. The SMILES string of the molecule is [2H]C([2H])([2H])c1ccc(-c2nc3cccc(N(C)C)c3n2-c2c(C(C)C)cc(-c3ccccc3)cc2C(C)C)c2oc3cc4c(ccc5ccccc54)cc3c12. The summed E-state index contributed by atoms with van der Waals surface area (Å²) in [4.78, 5) is 7.56. The number of fused-ring (bicyclic) bond motifs is 7. The van der Waals surface area contributed by atoms with Crippen molar-refractivity contribution in [1.29, 1.82) is 0 Å². The van der Waals surface area contributed by atoms with Crippen molar-refractivity contribution in [3.8, 4) is 28.2 Å². The fraction of sp³-hybridized carbons (Fsp3) is 0.188. The molecule has 9 rings (SSSR count). The molecule has 0 aliphatic carbocycles. The van der Waals surface area contributed by atoms with Crippen molar-refractivity contribution in [2.75, 3.05) is 19.0 Å². The molecular formula is C48H43N3O. The van der Waals surface area contributed by atoms with E-state index < -0.39 is 6.85 Å². The van der Waals surface area contributed by atoms with Crippen LogP contribution in [-0.2, 0) is 0 Å².